The molecule has 4 aromatic carbocycles. The maximum absolute atomic E-state index is 6.60. The van der Waals surface area contributed by atoms with Crippen LogP contribution in [0.2, 0.25) is 0 Å². The average molecular weight is 441 g/mol. The minimum atomic E-state index is 0.911. The molecule has 0 aliphatic rings. The van der Waals surface area contributed by atoms with Gasteiger partial charge in [-0.25, -0.2) is 4.98 Å². The van der Waals surface area contributed by atoms with Gasteiger partial charge in [0.1, 0.15) is 17.0 Å². The lowest BCUT2D eigenvalue weighted by atomic mass is 10.0. The smallest absolute Gasteiger partial charge is 0.146 e. The molecule has 8 aromatic rings. The first kappa shape index (κ1) is 17.4. The molecule has 0 N–H and O–H groups in total. The van der Waals surface area contributed by atoms with Gasteiger partial charge in [-0.05, 0) is 30.3 Å². The number of hydrogen-bond acceptors (Lipinski definition) is 3. The maximum atomic E-state index is 6.60. The summed E-state index contributed by atoms with van der Waals surface area (Å²) in [5.74, 6) is 0.913. The minimum Gasteiger partial charge on any atom is -0.455 e. The van der Waals surface area contributed by atoms with Gasteiger partial charge >= 0.3 is 0 Å². The van der Waals surface area contributed by atoms with E-state index in [2.05, 4.69) is 77.4 Å². The molecule has 0 saturated heterocycles. The Labute approximate surface area is 192 Å². The second kappa shape index (κ2) is 6.21. The summed E-state index contributed by atoms with van der Waals surface area (Å²) in [5.41, 5.74) is 4.18. The van der Waals surface area contributed by atoms with Crippen molar-refractivity contribution in [3.63, 3.8) is 0 Å². The Morgan fingerprint density at radius 1 is 0.667 bits per heavy atom. The van der Waals surface area contributed by atoms with Gasteiger partial charge in [-0.2, -0.15) is 0 Å². The number of hydrogen-bond donors (Lipinski definition) is 0. The summed E-state index contributed by atoms with van der Waals surface area (Å²) in [6.07, 6.45) is 1.86. The summed E-state index contributed by atoms with van der Waals surface area (Å²) in [5, 5.41) is 7.25. The maximum Gasteiger partial charge on any atom is 0.146 e. The van der Waals surface area contributed by atoms with E-state index in [-0.39, 0.29) is 0 Å². The van der Waals surface area contributed by atoms with Crippen LogP contribution in [-0.4, -0.2) is 9.55 Å². The zero-order valence-electron chi connectivity index (χ0n) is 17.4. The van der Waals surface area contributed by atoms with Gasteiger partial charge in [-0.3, -0.25) is 4.57 Å². The highest BCUT2D eigenvalue weighted by Crippen LogP contribution is 2.50. The quantitative estimate of drug-likeness (QED) is 0.256. The SMILES string of the molecule is c1ccc(-n2c3ccccc3c3c4sc5ccccc5c4c4oc5ccccc5c4c32)nc1. The zero-order chi connectivity index (χ0) is 21.5. The van der Waals surface area contributed by atoms with Crippen molar-refractivity contribution in [2.24, 2.45) is 0 Å². The first-order valence-electron chi connectivity index (χ1n) is 11.0. The highest BCUT2D eigenvalue weighted by molar-refractivity contribution is 7.27. The van der Waals surface area contributed by atoms with Crippen LogP contribution >= 0.6 is 11.3 Å². The van der Waals surface area contributed by atoms with E-state index in [0.29, 0.717) is 0 Å². The van der Waals surface area contributed by atoms with Crippen molar-refractivity contribution in [3.05, 3.63) is 97.2 Å². The molecule has 0 aliphatic heterocycles. The molecule has 0 amide bonds. The summed E-state index contributed by atoms with van der Waals surface area (Å²) in [7, 11) is 0. The zero-order valence-corrected chi connectivity index (χ0v) is 18.3. The fourth-order valence-corrected chi connectivity index (χ4v) is 6.59. The topological polar surface area (TPSA) is 31.0 Å². The third-order valence-electron chi connectivity index (χ3n) is 6.63. The lowest BCUT2D eigenvalue weighted by Crippen LogP contribution is -1.96. The molecule has 8 rings (SSSR count). The lowest BCUT2D eigenvalue weighted by Gasteiger charge is -2.07. The monoisotopic (exact) mass is 440 g/mol. The summed E-state index contributed by atoms with van der Waals surface area (Å²) in [6, 6.07) is 31.8. The van der Waals surface area contributed by atoms with E-state index in [4.69, 9.17) is 9.40 Å². The van der Waals surface area contributed by atoms with Crippen LogP contribution < -0.4 is 0 Å². The summed E-state index contributed by atoms with van der Waals surface area (Å²) in [4.78, 5) is 4.75. The molecule has 33 heavy (non-hydrogen) atoms. The number of rotatable bonds is 1. The number of pyridine rings is 1. The van der Waals surface area contributed by atoms with Crippen molar-refractivity contribution < 1.29 is 4.42 Å². The van der Waals surface area contributed by atoms with Crippen LogP contribution in [-0.2, 0) is 0 Å². The first-order valence-corrected chi connectivity index (χ1v) is 11.8. The van der Waals surface area contributed by atoms with Gasteiger partial charge < -0.3 is 4.42 Å². The van der Waals surface area contributed by atoms with Crippen molar-refractivity contribution in [1.29, 1.82) is 0 Å². The van der Waals surface area contributed by atoms with Crippen molar-refractivity contribution in [2.75, 3.05) is 0 Å². The lowest BCUT2D eigenvalue weighted by molar-refractivity contribution is 0.673. The third-order valence-corrected chi connectivity index (χ3v) is 7.82. The Bertz CT molecular complexity index is 2000. The van der Waals surface area contributed by atoms with Crippen LogP contribution in [0.15, 0.2) is 102 Å². The van der Waals surface area contributed by atoms with Gasteiger partial charge in [0.15, 0.2) is 0 Å². The van der Waals surface area contributed by atoms with Gasteiger partial charge in [0.2, 0.25) is 0 Å². The number of furan rings is 1. The summed E-state index contributed by atoms with van der Waals surface area (Å²) >= 11 is 1.85. The fraction of sp³-hybridized carbons (Fsp3) is 0. The molecule has 0 saturated carbocycles. The number of nitrogens with zero attached hydrogens (tertiary/aromatic N) is 2. The Balaban J connectivity index is 1.80. The molecule has 0 atom stereocenters. The molecule has 0 radical (unpaired) electrons. The van der Waals surface area contributed by atoms with Crippen molar-refractivity contribution in [3.8, 4) is 5.82 Å². The van der Waals surface area contributed by atoms with E-state index < -0.39 is 0 Å². The number of aromatic nitrogens is 2. The number of thiophene rings is 1. The fourth-order valence-electron chi connectivity index (χ4n) is 5.33. The minimum absolute atomic E-state index is 0.911. The van der Waals surface area contributed by atoms with E-state index in [0.717, 1.165) is 38.8 Å². The standard InChI is InChI=1S/C29H16N2OS/c1-4-12-20-17(9-1)25-27(31(20)23-15-7-8-16-30-23)24-18-10-2-5-13-21(18)32-28(24)26-19-11-3-6-14-22(19)33-29(25)26/h1-16H. The van der Waals surface area contributed by atoms with E-state index >= 15 is 0 Å². The first-order chi connectivity index (χ1) is 16.4. The summed E-state index contributed by atoms with van der Waals surface area (Å²) < 4.78 is 11.4. The van der Waals surface area contributed by atoms with Crippen LogP contribution in [0.25, 0.3) is 69.7 Å². The third kappa shape index (κ3) is 2.16. The largest absolute Gasteiger partial charge is 0.455 e. The van der Waals surface area contributed by atoms with Crippen LogP contribution in [0.1, 0.15) is 0 Å². The van der Waals surface area contributed by atoms with Gasteiger partial charge in [0, 0.05) is 42.5 Å². The van der Waals surface area contributed by atoms with Crippen LogP contribution in [0.3, 0.4) is 0 Å². The normalized spacial score (nSPS) is 12.2. The Kier molecular flexibility index (Phi) is 3.28. The van der Waals surface area contributed by atoms with Crippen LogP contribution in [0.5, 0.6) is 0 Å². The number of fused-ring (bicyclic) bond motifs is 12. The van der Waals surface area contributed by atoms with Gasteiger partial charge in [0.05, 0.1) is 16.4 Å². The van der Waals surface area contributed by atoms with E-state index in [1.54, 1.807) is 0 Å². The average Bonchev–Trinajstić information content (AvgIpc) is 3.53. The Morgan fingerprint density at radius 3 is 2.30 bits per heavy atom. The van der Waals surface area contributed by atoms with Gasteiger partial charge in [0.25, 0.3) is 0 Å². The van der Waals surface area contributed by atoms with E-state index in [9.17, 15) is 0 Å². The highest BCUT2D eigenvalue weighted by atomic mass is 32.1. The second-order valence-electron chi connectivity index (χ2n) is 8.37. The van der Waals surface area contributed by atoms with Crippen molar-refractivity contribution >= 4 is 75.3 Å². The van der Waals surface area contributed by atoms with Gasteiger partial charge in [-0.15, -0.1) is 11.3 Å². The predicted octanol–water partition coefficient (Wildman–Crippen LogP) is 8.45. The van der Waals surface area contributed by atoms with Crippen molar-refractivity contribution in [2.45, 2.75) is 0 Å². The molecule has 0 spiro atoms. The predicted molar refractivity (Wildman–Crippen MR) is 139 cm³/mol. The van der Waals surface area contributed by atoms with Gasteiger partial charge in [-0.1, -0.05) is 60.7 Å². The second-order valence-corrected chi connectivity index (χ2v) is 9.42. The van der Waals surface area contributed by atoms with E-state index in [1.807, 2.05) is 35.7 Å². The molecule has 3 nitrogen and oxygen atoms in total. The van der Waals surface area contributed by atoms with Crippen molar-refractivity contribution in [1.82, 2.24) is 9.55 Å². The molecular weight excluding hydrogens is 424 g/mol. The molecular formula is C29H16N2OS. The Hall–Kier alpha value is -4.15. The van der Waals surface area contributed by atoms with Crippen LogP contribution in [0, 0.1) is 0 Å². The van der Waals surface area contributed by atoms with E-state index in [1.165, 1.54) is 30.9 Å². The molecule has 0 fully saturated rings. The Morgan fingerprint density at radius 2 is 1.42 bits per heavy atom. The van der Waals surface area contributed by atoms with Crippen LogP contribution in [0.4, 0.5) is 0 Å². The molecule has 4 heterocycles. The molecule has 4 heteroatoms. The molecule has 4 aromatic heterocycles. The molecule has 0 aliphatic carbocycles. The molecule has 154 valence electrons. The number of benzene rings is 4. The highest BCUT2D eigenvalue weighted by Gasteiger charge is 2.25. The summed E-state index contributed by atoms with van der Waals surface area (Å²) in [6.45, 7) is 0. The molecule has 0 unspecified atom stereocenters. The number of para-hydroxylation sites is 2. The molecule has 0 bridgehead atoms.